The second-order valence-electron chi connectivity index (χ2n) is 7.12. The number of nitrogens with one attached hydrogen (secondary N) is 3. The van der Waals surface area contributed by atoms with Gasteiger partial charge in [-0.3, -0.25) is 4.79 Å². The van der Waals surface area contributed by atoms with Gasteiger partial charge in [0.05, 0.1) is 30.5 Å². The van der Waals surface area contributed by atoms with E-state index in [1.54, 1.807) is 6.20 Å². The first-order valence-corrected chi connectivity index (χ1v) is 10.3. The number of hydrogen-bond donors (Lipinski definition) is 3. The quantitative estimate of drug-likeness (QED) is 0.569. The number of carbonyl (C=O) groups is 2. The van der Waals surface area contributed by atoms with Crippen LogP contribution in [0.1, 0.15) is 38.6 Å². The maximum atomic E-state index is 12.9. The first-order chi connectivity index (χ1) is 13.6. The third-order valence-electron chi connectivity index (χ3n) is 5.41. The number of halogens is 2. The molecule has 0 aromatic carbocycles. The van der Waals surface area contributed by atoms with Gasteiger partial charge >= 0.3 is 5.97 Å². The number of hydrogen-bond acceptors (Lipinski definition) is 7. The molecule has 1 amide bonds. The maximum absolute atomic E-state index is 12.9. The van der Waals surface area contributed by atoms with Crippen LogP contribution < -0.4 is 10.6 Å². The van der Waals surface area contributed by atoms with Gasteiger partial charge in [-0.05, 0) is 37.6 Å². The first-order valence-electron chi connectivity index (χ1n) is 9.45. The number of carbonyl (C=O) groups excluding carboxylic acids is 2. The number of nitrogens with zero attached hydrogens (tertiary/aromatic N) is 1. The zero-order valence-corrected chi connectivity index (χ0v) is 19.0. The summed E-state index contributed by atoms with van der Waals surface area (Å²) in [6, 6.07) is 1.17. The number of methoxy groups -OCH3 is 1. The summed E-state index contributed by atoms with van der Waals surface area (Å²) >= 11 is 1.50. The molecule has 2 aromatic heterocycles. The molecule has 1 atom stereocenters. The monoisotopic (exact) mass is 476 g/mol. The Hall–Kier alpha value is -1.65. The van der Waals surface area contributed by atoms with E-state index in [-0.39, 0.29) is 36.3 Å². The van der Waals surface area contributed by atoms with Crippen LogP contribution in [0.5, 0.6) is 0 Å². The Morgan fingerprint density at radius 2 is 2.13 bits per heavy atom. The van der Waals surface area contributed by atoms with Crippen LogP contribution in [0.25, 0.3) is 0 Å². The number of fused-ring (bicyclic) bond motifs is 2. The van der Waals surface area contributed by atoms with Crippen molar-refractivity contribution < 1.29 is 19.1 Å². The minimum absolute atomic E-state index is 0. The van der Waals surface area contributed by atoms with E-state index in [4.69, 9.17) is 9.47 Å². The highest BCUT2D eigenvalue weighted by Crippen LogP contribution is 2.43. The van der Waals surface area contributed by atoms with Gasteiger partial charge in [0.1, 0.15) is 6.04 Å². The first kappa shape index (κ1) is 24.6. The number of thiophene rings is 1. The fourth-order valence-corrected chi connectivity index (χ4v) is 5.09. The predicted octanol–water partition coefficient (Wildman–Crippen LogP) is 1.98. The number of rotatable bonds is 5. The summed E-state index contributed by atoms with van der Waals surface area (Å²) in [6.45, 7) is 2.50. The van der Waals surface area contributed by atoms with Crippen molar-refractivity contribution in [2.24, 2.45) is 0 Å². The molecule has 4 rings (SSSR count). The van der Waals surface area contributed by atoms with Crippen molar-refractivity contribution in [3.05, 3.63) is 39.6 Å². The Bertz CT molecular complexity index is 853. The van der Waals surface area contributed by atoms with Gasteiger partial charge in [-0.15, -0.1) is 36.2 Å². The molecular weight excluding hydrogens is 451 g/mol. The van der Waals surface area contributed by atoms with Crippen LogP contribution in [0.3, 0.4) is 0 Å². The molecule has 8 nitrogen and oxygen atoms in total. The third-order valence-corrected chi connectivity index (χ3v) is 6.61. The van der Waals surface area contributed by atoms with Crippen molar-refractivity contribution in [3.63, 3.8) is 0 Å². The highest BCUT2D eigenvalue weighted by atomic mass is 35.5. The smallest absolute Gasteiger partial charge is 0.328 e. The van der Waals surface area contributed by atoms with E-state index in [1.807, 2.05) is 6.07 Å². The van der Waals surface area contributed by atoms with Crippen molar-refractivity contribution in [1.29, 1.82) is 0 Å². The Morgan fingerprint density at radius 3 is 2.80 bits per heavy atom. The van der Waals surface area contributed by atoms with Crippen molar-refractivity contribution in [3.8, 4) is 0 Å². The van der Waals surface area contributed by atoms with Crippen LogP contribution >= 0.6 is 36.2 Å². The Morgan fingerprint density at radius 1 is 1.37 bits per heavy atom. The van der Waals surface area contributed by atoms with Gasteiger partial charge in [-0.1, -0.05) is 0 Å². The van der Waals surface area contributed by atoms with Crippen LogP contribution in [0.15, 0.2) is 18.6 Å². The molecule has 1 spiro atoms. The van der Waals surface area contributed by atoms with Crippen molar-refractivity contribution in [2.75, 3.05) is 26.8 Å². The highest BCUT2D eigenvalue weighted by Gasteiger charge is 2.40. The summed E-state index contributed by atoms with van der Waals surface area (Å²) in [5.41, 5.74) is 1.60. The standard InChI is InChI=1S/C19H24N4O4S.2ClH/c1-26-18(25)14(8-12-10-21-11-22-12)23-17(24)16-9-13-15(28-16)2-7-27-19(13)3-5-20-6-4-19;;/h9-11,14,20H,2-8H2,1H3,(H,21,22)(H,23,24);2*1H/t14-;;/m0../s1. The van der Waals surface area contributed by atoms with Gasteiger partial charge in [-0.2, -0.15) is 0 Å². The van der Waals surface area contributed by atoms with E-state index in [9.17, 15) is 9.59 Å². The molecule has 1 saturated heterocycles. The minimum atomic E-state index is -0.777. The van der Waals surface area contributed by atoms with Gasteiger partial charge in [0, 0.05) is 29.6 Å². The third kappa shape index (κ3) is 4.97. The molecule has 3 N–H and O–H groups in total. The maximum Gasteiger partial charge on any atom is 0.328 e. The van der Waals surface area contributed by atoms with E-state index >= 15 is 0 Å². The lowest BCUT2D eigenvalue weighted by atomic mass is 9.83. The lowest BCUT2D eigenvalue weighted by molar-refractivity contribution is -0.142. The summed E-state index contributed by atoms with van der Waals surface area (Å²) in [7, 11) is 1.32. The van der Waals surface area contributed by atoms with Crippen LogP contribution in [0.2, 0.25) is 0 Å². The second kappa shape index (κ2) is 10.6. The molecule has 11 heteroatoms. The zero-order valence-electron chi connectivity index (χ0n) is 16.6. The molecule has 166 valence electrons. The van der Waals surface area contributed by atoms with Crippen LogP contribution in [0.4, 0.5) is 0 Å². The molecule has 4 heterocycles. The number of esters is 1. The summed E-state index contributed by atoms with van der Waals surface area (Å²) in [5, 5.41) is 6.19. The molecule has 2 aliphatic heterocycles. The van der Waals surface area contributed by atoms with Gasteiger partial charge in [-0.25, -0.2) is 9.78 Å². The summed E-state index contributed by atoms with van der Waals surface area (Å²) < 4.78 is 11.0. The van der Waals surface area contributed by atoms with Crippen molar-refractivity contribution >= 4 is 48.0 Å². The number of amides is 1. The number of H-pyrrole nitrogens is 1. The van der Waals surface area contributed by atoms with Gasteiger partial charge in [0.25, 0.3) is 5.91 Å². The molecule has 0 aliphatic carbocycles. The molecule has 30 heavy (non-hydrogen) atoms. The largest absolute Gasteiger partial charge is 0.467 e. The molecular formula is C19H26Cl2N4O4S. The Balaban J connectivity index is 0.00000160. The van der Waals surface area contributed by atoms with E-state index in [0.29, 0.717) is 17.9 Å². The average Bonchev–Trinajstić information content (AvgIpc) is 3.38. The zero-order chi connectivity index (χ0) is 19.6. The van der Waals surface area contributed by atoms with Gasteiger partial charge in [0.15, 0.2) is 0 Å². The average molecular weight is 477 g/mol. The van der Waals surface area contributed by atoms with Gasteiger partial charge in [0.2, 0.25) is 0 Å². The molecule has 0 bridgehead atoms. The summed E-state index contributed by atoms with van der Waals surface area (Å²) in [6.07, 6.45) is 6.09. The van der Waals surface area contributed by atoms with Crippen LogP contribution in [-0.2, 0) is 32.7 Å². The SMILES string of the molecule is COC(=O)[C@H](Cc1cnc[nH]1)NC(=O)c1cc2c(s1)CCOC21CCNCC1.Cl.Cl. The van der Waals surface area contributed by atoms with E-state index < -0.39 is 12.0 Å². The normalized spacial score (nSPS) is 17.8. The van der Waals surface area contributed by atoms with E-state index in [2.05, 4.69) is 20.6 Å². The van der Waals surface area contributed by atoms with Crippen LogP contribution in [0, 0.1) is 0 Å². The number of aromatic nitrogens is 2. The second-order valence-corrected chi connectivity index (χ2v) is 8.26. The van der Waals surface area contributed by atoms with E-state index in [1.165, 1.54) is 29.7 Å². The number of imidazole rings is 1. The Labute approximate surface area is 191 Å². The summed E-state index contributed by atoms with van der Waals surface area (Å²) in [5.74, 6) is -0.749. The minimum Gasteiger partial charge on any atom is -0.467 e. The fraction of sp³-hybridized carbons (Fsp3) is 0.526. The fourth-order valence-electron chi connectivity index (χ4n) is 3.95. The number of ether oxygens (including phenoxy) is 2. The molecule has 0 radical (unpaired) electrons. The van der Waals surface area contributed by atoms with Crippen molar-refractivity contribution in [1.82, 2.24) is 20.6 Å². The van der Waals surface area contributed by atoms with Crippen LogP contribution in [-0.4, -0.2) is 54.7 Å². The predicted molar refractivity (Wildman–Crippen MR) is 118 cm³/mol. The number of piperidine rings is 1. The molecule has 2 aliphatic rings. The number of aromatic amines is 1. The lowest BCUT2D eigenvalue weighted by Gasteiger charge is -2.40. The van der Waals surface area contributed by atoms with Gasteiger partial charge < -0.3 is 25.1 Å². The molecule has 0 unspecified atom stereocenters. The molecule has 2 aromatic rings. The lowest BCUT2D eigenvalue weighted by Crippen LogP contribution is -2.44. The molecule has 0 saturated carbocycles. The highest BCUT2D eigenvalue weighted by molar-refractivity contribution is 7.14. The topological polar surface area (TPSA) is 105 Å². The van der Waals surface area contributed by atoms with E-state index in [0.717, 1.165) is 43.6 Å². The Kier molecular flexibility index (Phi) is 8.69. The molecule has 1 fully saturated rings. The summed E-state index contributed by atoms with van der Waals surface area (Å²) in [4.78, 5) is 33.8. The van der Waals surface area contributed by atoms with Crippen molar-refractivity contribution in [2.45, 2.75) is 37.3 Å².